The summed E-state index contributed by atoms with van der Waals surface area (Å²) in [5.41, 5.74) is 4.90. The van der Waals surface area contributed by atoms with Gasteiger partial charge in [-0.25, -0.2) is 5.43 Å². The second-order valence-electron chi connectivity index (χ2n) is 5.83. The van der Waals surface area contributed by atoms with Gasteiger partial charge in [-0.1, -0.05) is 29.8 Å². The van der Waals surface area contributed by atoms with E-state index in [2.05, 4.69) is 10.5 Å². The lowest BCUT2D eigenvalue weighted by Crippen LogP contribution is -2.33. The van der Waals surface area contributed by atoms with Crippen LogP contribution in [0.5, 0.6) is 0 Å². The van der Waals surface area contributed by atoms with E-state index in [4.69, 9.17) is 4.74 Å². The SMILES string of the molecule is COCc1cc(C)n(CC(=O)N/N=C/c2ccc(C)cc2)c(=O)c1C#N. The zero-order valence-electron chi connectivity index (χ0n) is 14.9. The summed E-state index contributed by atoms with van der Waals surface area (Å²) >= 11 is 0. The van der Waals surface area contributed by atoms with Crippen molar-refractivity contribution in [1.82, 2.24) is 9.99 Å². The maximum Gasteiger partial charge on any atom is 0.269 e. The molecule has 2 rings (SSSR count). The third-order valence-corrected chi connectivity index (χ3v) is 3.78. The van der Waals surface area contributed by atoms with Gasteiger partial charge in [-0.15, -0.1) is 0 Å². The van der Waals surface area contributed by atoms with E-state index in [9.17, 15) is 14.9 Å². The number of benzene rings is 1. The fourth-order valence-electron chi connectivity index (χ4n) is 2.43. The molecule has 0 bridgehead atoms. The molecular formula is C19H20N4O3. The molecule has 0 aliphatic heterocycles. The average molecular weight is 352 g/mol. The molecule has 1 amide bonds. The number of methoxy groups -OCH3 is 1. The molecule has 0 radical (unpaired) electrons. The van der Waals surface area contributed by atoms with Crippen molar-refractivity contribution >= 4 is 12.1 Å². The lowest BCUT2D eigenvalue weighted by Gasteiger charge is -2.12. The number of hydrazone groups is 1. The van der Waals surface area contributed by atoms with Crippen molar-refractivity contribution in [3.8, 4) is 6.07 Å². The van der Waals surface area contributed by atoms with Gasteiger partial charge in [0.2, 0.25) is 0 Å². The number of carbonyl (C=O) groups is 1. The Bertz CT molecular complexity index is 922. The number of hydrogen-bond acceptors (Lipinski definition) is 5. The van der Waals surface area contributed by atoms with Crippen LogP contribution in [0.3, 0.4) is 0 Å². The molecule has 1 N–H and O–H groups in total. The molecule has 1 heterocycles. The number of ether oxygens (including phenoxy) is 1. The van der Waals surface area contributed by atoms with E-state index in [0.29, 0.717) is 11.3 Å². The van der Waals surface area contributed by atoms with Crippen LogP contribution in [-0.2, 0) is 22.7 Å². The van der Waals surface area contributed by atoms with E-state index < -0.39 is 11.5 Å². The van der Waals surface area contributed by atoms with E-state index in [0.717, 1.165) is 11.1 Å². The Balaban J connectivity index is 2.12. The van der Waals surface area contributed by atoms with Gasteiger partial charge in [0.25, 0.3) is 11.5 Å². The van der Waals surface area contributed by atoms with E-state index >= 15 is 0 Å². The molecule has 0 spiro atoms. The minimum absolute atomic E-state index is 0.0200. The van der Waals surface area contributed by atoms with Crippen molar-refractivity contribution in [3.63, 3.8) is 0 Å². The van der Waals surface area contributed by atoms with Crippen LogP contribution in [0.25, 0.3) is 0 Å². The molecule has 0 unspecified atom stereocenters. The van der Waals surface area contributed by atoms with Crippen molar-refractivity contribution < 1.29 is 9.53 Å². The van der Waals surface area contributed by atoms with Gasteiger partial charge in [-0.2, -0.15) is 10.4 Å². The van der Waals surface area contributed by atoms with Crippen LogP contribution in [0.4, 0.5) is 0 Å². The molecule has 7 nitrogen and oxygen atoms in total. The monoisotopic (exact) mass is 352 g/mol. The summed E-state index contributed by atoms with van der Waals surface area (Å²) in [6, 6.07) is 11.2. The highest BCUT2D eigenvalue weighted by molar-refractivity contribution is 5.82. The van der Waals surface area contributed by atoms with Crippen molar-refractivity contribution in [3.05, 3.63) is 68.6 Å². The number of pyridine rings is 1. The number of rotatable bonds is 6. The molecule has 0 atom stereocenters. The first-order valence-corrected chi connectivity index (χ1v) is 7.97. The highest BCUT2D eigenvalue weighted by Crippen LogP contribution is 2.08. The fourth-order valence-corrected chi connectivity index (χ4v) is 2.43. The zero-order chi connectivity index (χ0) is 19.1. The van der Waals surface area contributed by atoms with Crippen LogP contribution >= 0.6 is 0 Å². The topological polar surface area (TPSA) is 96.5 Å². The number of aromatic nitrogens is 1. The van der Waals surface area contributed by atoms with Crippen LogP contribution in [0.2, 0.25) is 0 Å². The quantitative estimate of drug-likeness (QED) is 0.631. The van der Waals surface area contributed by atoms with Gasteiger partial charge in [0, 0.05) is 18.4 Å². The van der Waals surface area contributed by atoms with Crippen molar-refractivity contribution in [1.29, 1.82) is 5.26 Å². The first kappa shape index (κ1) is 19.1. The normalized spacial score (nSPS) is 10.7. The molecule has 1 aromatic heterocycles. The van der Waals surface area contributed by atoms with Gasteiger partial charge in [0.05, 0.1) is 12.8 Å². The van der Waals surface area contributed by atoms with Crippen molar-refractivity contribution in [2.45, 2.75) is 27.0 Å². The van der Waals surface area contributed by atoms with Gasteiger partial charge >= 0.3 is 0 Å². The largest absolute Gasteiger partial charge is 0.380 e. The van der Waals surface area contributed by atoms with Crippen molar-refractivity contribution in [2.75, 3.05) is 7.11 Å². The number of nitrogens with one attached hydrogen (secondary N) is 1. The lowest BCUT2D eigenvalue weighted by molar-refractivity contribution is -0.121. The van der Waals surface area contributed by atoms with Crippen LogP contribution in [0.15, 0.2) is 40.2 Å². The molecule has 2 aromatic rings. The summed E-state index contributed by atoms with van der Waals surface area (Å²) < 4.78 is 6.25. The summed E-state index contributed by atoms with van der Waals surface area (Å²) in [4.78, 5) is 24.5. The molecule has 134 valence electrons. The molecule has 0 fully saturated rings. The average Bonchev–Trinajstić information content (AvgIpc) is 2.61. The second kappa shape index (κ2) is 8.74. The predicted octanol–water partition coefficient (Wildman–Crippen LogP) is 1.63. The Labute approximate surface area is 151 Å². The molecule has 7 heteroatoms. The Morgan fingerprint density at radius 3 is 2.65 bits per heavy atom. The first-order valence-electron chi connectivity index (χ1n) is 7.97. The number of hydrogen-bond donors (Lipinski definition) is 1. The molecule has 26 heavy (non-hydrogen) atoms. The number of amides is 1. The maximum atomic E-state index is 12.4. The Morgan fingerprint density at radius 2 is 2.04 bits per heavy atom. The van der Waals surface area contributed by atoms with Crippen molar-refractivity contribution in [2.24, 2.45) is 5.10 Å². The highest BCUT2D eigenvalue weighted by atomic mass is 16.5. The Kier molecular flexibility index (Phi) is 6.42. The Hall–Kier alpha value is -3.24. The summed E-state index contributed by atoms with van der Waals surface area (Å²) in [5, 5.41) is 13.1. The van der Waals surface area contributed by atoms with Gasteiger partial charge < -0.3 is 9.30 Å². The standard InChI is InChI=1S/C19H20N4O3/c1-13-4-6-15(7-5-13)10-21-22-18(24)11-23-14(2)8-16(12-26-3)17(9-20)19(23)25/h4-8,10H,11-12H2,1-3H3,(H,22,24)/b21-10+. The summed E-state index contributed by atoms with van der Waals surface area (Å²) in [5.74, 6) is -0.457. The van der Waals surface area contributed by atoms with Gasteiger partial charge in [-0.05, 0) is 25.5 Å². The minimum atomic E-state index is -0.516. The summed E-state index contributed by atoms with van der Waals surface area (Å²) in [7, 11) is 1.49. The molecule has 0 saturated heterocycles. The highest BCUT2D eigenvalue weighted by Gasteiger charge is 2.14. The number of nitriles is 1. The third kappa shape index (κ3) is 4.65. The molecule has 0 aliphatic rings. The van der Waals surface area contributed by atoms with Crippen LogP contribution in [-0.4, -0.2) is 23.8 Å². The van der Waals surface area contributed by atoms with Crippen LogP contribution in [0, 0.1) is 25.2 Å². The van der Waals surface area contributed by atoms with Crippen LogP contribution < -0.4 is 11.0 Å². The zero-order valence-corrected chi connectivity index (χ0v) is 14.9. The van der Waals surface area contributed by atoms with Crippen LogP contribution in [0.1, 0.15) is 27.9 Å². The number of aryl methyl sites for hydroxylation is 2. The van der Waals surface area contributed by atoms with Gasteiger partial charge in [0.1, 0.15) is 18.2 Å². The van der Waals surface area contributed by atoms with Gasteiger partial charge in [-0.3, -0.25) is 9.59 Å². The second-order valence-corrected chi connectivity index (χ2v) is 5.83. The lowest BCUT2D eigenvalue weighted by atomic mass is 10.1. The summed E-state index contributed by atoms with van der Waals surface area (Å²) in [6.07, 6.45) is 1.52. The summed E-state index contributed by atoms with van der Waals surface area (Å²) in [6.45, 7) is 3.62. The van der Waals surface area contributed by atoms with E-state index in [1.807, 2.05) is 37.3 Å². The smallest absolute Gasteiger partial charge is 0.269 e. The fraction of sp³-hybridized carbons (Fsp3) is 0.263. The molecule has 0 aliphatic carbocycles. The minimum Gasteiger partial charge on any atom is -0.380 e. The third-order valence-electron chi connectivity index (χ3n) is 3.78. The first-order chi connectivity index (χ1) is 12.5. The predicted molar refractivity (Wildman–Crippen MR) is 97.8 cm³/mol. The van der Waals surface area contributed by atoms with E-state index in [1.54, 1.807) is 13.0 Å². The molecule has 0 saturated carbocycles. The molecule has 1 aromatic carbocycles. The van der Waals surface area contributed by atoms with E-state index in [1.165, 1.54) is 17.9 Å². The molecular weight excluding hydrogens is 332 g/mol. The van der Waals surface area contributed by atoms with Gasteiger partial charge in [0.15, 0.2) is 0 Å². The Morgan fingerprint density at radius 1 is 1.35 bits per heavy atom. The maximum absolute atomic E-state index is 12.4. The number of nitrogens with zero attached hydrogens (tertiary/aromatic N) is 3. The van der Waals surface area contributed by atoms with E-state index in [-0.39, 0.29) is 18.7 Å². The number of carbonyl (C=O) groups excluding carboxylic acids is 1.